The number of benzene rings is 2. The fourth-order valence-corrected chi connectivity index (χ4v) is 4.79. The highest BCUT2D eigenvalue weighted by Gasteiger charge is 2.20. The Bertz CT molecular complexity index is 1100. The predicted molar refractivity (Wildman–Crippen MR) is 132 cm³/mol. The number of carbonyl (C=O) groups excluding carboxylic acids is 4. The summed E-state index contributed by atoms with van der Waals surface area (Å²) in [4.78, 5) is 49.6. The van der Waals surface area contributed by atoms with Gasteiger partial charge >= 0.3 is 5.97 Å². The summed E-state index contributed by atoms with van der Waals surface area (Å²) in [5.74, 6) is -1.49. The topological polar surface area (TPSA) is 102 Å². The molecule has 2 aliphatic carbocycles. The molecule has 0 saturated heterocycles. The molecule has 0 heterocycles. The molecule has 35 heavy (non-hydrogen) atoms. The van der Waals surface area contributed by atoms with Crippen LogP contribution in [0, 0.1) is 0 Å². The van der Waals surface area contributed by atoms with Crippen molar-refractivity contribution in [2.75, 3.05) is 11.9 Å². The molecule has 184 valence electrons. The van der Waals surface area contributed by atoms with Gasteiger partial charge in [-0.05, 0) is 67.9 Å². The van der Waals surface area contributed by atoms with Gasteiger partial charge in [-0.3, -0.25) is 19.2 Å². The standard InChI is InChI=1S/C28H32N2O5/c31-25(21-14-13-19-7-1-2-8-20(19)17-21)15-16-27(33)35-18-26(32)30-24-12-6-5-11-23(24)28(34)29-22-9-3-4-10-22/h5-6,11-14,17,22H,1-4,7-10,15-16,18H2,(H,29,34)(H,30,32). The van der Waals surface area contributed by atoms with Gasteiger partial charge in [-0.2, -0.15) is 0 Å². The molecule has 0 spiro atoms. The summed E-state index contributed by atoms with van der Waals surface area (Å²) >= 11 is 0. The first-order valence-corrected chi connectivity index (χ1v) is 12.5. The molecule has 0 atom stereocenters. The van der Waals surface area contributed by atoms with Crippen LogP contribution in [-0.2, 0) is 27.2 Å². The number of hydrogen-bond acceptors (Lipinski definition) is 5. The molecule has 4 rings (SSSR count). The largest absolute Gasteiger partial charge is 0.456 e. The second-order valence-electron chi connectivity index (χ2n) is 9.32. The molecule has 2 N–H and O–H groups in total. The summed E-state index contributed by atoms with van der Waals surface area (Å²) in [7, 11) is 0. The van der Waals surface area contributed by atoms with Crippen LogP contribution in [0.1, 0.15) is 83.2 Å². The first-order chi connectivity index (χ1) is 17.0. The zero-order valence-corrected chi connectivity index (χ0v) is 19.9. The van der Waals surface area contributed by atoms with Gasteiger partial charge in [0.25, 0.3) is 11.8 Å². The third-order valence-electron chi connectivity index (χ3n) is 6.73. The molecule has 7 heteroatoms. The third kappa shape index (κ3) is 6.78. The Morgan fingerprint density at radius 2 is 1.60 bits per heavy atom. The summed E-state index contributed by atoms with van der Waals surface area (Å²) in [6, 6.07) is 12.7. The highest BCUT2D eigenvalue weighted by Crippen LogP contribution is 2.23. The number of carbonyl (C=O) groups is 4. The fourth-order valence-electron chi connectivity index (χ4n) is 4.79. The van der Waals surface area contributed by atoms with E-state index < -0.39 is 18.5 Å². The third-order valence-corrected chi connectivity index (χ3v) is 6.73. The van der Waals surface area contributed by atoms with Gasteiger partial charge in [-0.15, -0.1) is 0 Å². The van der Waals surface area contributed by atoms with Crippen molar-refractivity contribution in [2.24, 2.45) is 0 Å². The van der Waals surface area contributed by atoms with Crippen LogP contribution in [-0.4, -0.2) is 36.2 Å². The van der Waals surface area contributed by atoms with E-state index in [0.29, 0.717) is 16.8 Å². The lowest BCUT2D eigenvalue weighted by Gasteiger charge is -2.16. The highest BCUT2D eigenvalue weighted by molar-refractivity contribution is 6.04. The molecule has 2 aromatic rings. The molecule has 1 saturated carbocycles. The van der Waals surface area contributed by atoms with Crippen LogP contribution in [0.15, 0.2) is 42.5 Å². The Labute approximate surface area is 205 Å². The second kappa shape index (κ2) is 11.8. The monoisotopic (exact) mass is 476 g/mol. The second-order valence-corrected chi connectivity index (χ2v) is 9.32. The minimum atomic E-state index is -0.612. The van der Waals surface area contributed by atoms with E-state index in [2.05, 4.69) is 10.6 Å². The predicted octanol–water partition coefficient (Wildman–Crippen LogP) is 4.38. The number of rotatable bonds is 9. The number of anilines is 1. The molecule has 2 aromatic carbocycles. The van der Waals surface area contributed by atoms with Crippen molar-refractivity contribution in [1.29, 1.82) is 0 Å². The maximum Gasteiger partial charge on any atom is 0.306 e. The van der Waals surface area contributed by atoms with Crippen LogP contribution in [0.5, 0.6) is 0 Å². The van der Waals surface area contributed by atoms with E-state index >= 15 is 0 Å². The smallest absolute Gasteiger partial charge is 0.306 e. The first kappa shape index (κ1) is 24.6. The average molecular weight is 477 g/mol. The van der Waals surface area contributed by atoms with E-state index in [9.17, 15) is 19.2 Å². The molecule has 0 unspecified atom stereocenters. The SMILES string of the molecule is O=C(COC(=O)CCC(=O)c1ccc2c(c1)CCCC2)Nc1ccccc1C(=O)NC1CCCC1. The van der Waals surface area contributed by atoms with Gasteiger partial charge in [0.1, 0.15) is 0 Å². The summed E-state index contributed by atoms with van der Waals surface area (Å²) in [6.45, 7) is -0.482. The number of para-hydroxylation sites is 1. The van der Waals surface area contributed by atoms with Crippen molar-refractivity contribution in [2.45, 2.75) is 70.3 Å². The number of ether oxygens (including phenoxy) is 1. The lowest BCUT2D eigenvalue weighted by atomic mass is 9.89. The zero-order valence-electron chi connectivity index (χ0n) is 19.9. The lowest BCUT2D eigenvalue weighted by Crippen LogP contribution is -2.33. The number of hydrogen-bond donors (Lipinski definition) is 2. The van der Waals surface area contributed by atoms with Crippen molar-refractivity contribution < 1.29 is 23.9 Å². The Hall–Kier alpha value is -3.48. The number of ketones is 1. The minimum absolute atomic E-state index is 0.0312. The number of amides is 2. The van der Waals surface area contributed by atoms with Crippen LogP contribution in [0.4, 0.5) is 5.69 Å². The highest BCUT2D eigenvalue weighted by atomic mass is 16.5. The van der Waals surface area contributed by atoms with E-state index in [1.807, 2.05) is 18.2 Å². The molecular formula is C28H32N2O5. The van der Waals surface area contributed by atoms with Gasteiger partial charge in [0.15, 0.2) is 12.4 Å². The van der Waals surface area contributed by atoms with E-state index in [4.69, 9.17) is 4.74 Å². The summed E-state index contributed by atoms with van der Waals surface area (Å²) in [5, 5.41) is 5.66. The van der Waals surface area contributed by atoms with Crippen LogP contribution < -0.4 is 10.6 Å². The van der Waals surface area contributed by atoms with Crippen LogP contribution in [0.2, 0.25) is 0 Å². The maximum absolute atomic E-state index is 12.6. The van der Waals surface area contributed by atoms with Crippen molar-refractivity contribution in [3.63, 3.8) is 0 Å². The van der Waals surface area contributed by atoms with Crippen LogP contribution in [0.3, 0.4) is 0 Å². The molecular weight excluding hydrogens is 444 g/mol. The number of fused-ring (bicyclic) bond motifs is 1. The zero-order chi connectivity index (χ0) is 24.6. The average Bonchev–Trinajstić information content (AvgIpc) is 3.39. The van der Waals surface area contributed by atoms with Crippen LogP contribution >= 0.6 is 0 Å². The molecule has 0 radical (unpaired) electrons. The summed E-state index contributed by atoms with van der Waals surface area (Å²) in [6.07, 6.45) is 8.42. The van der Waals surface area contributed by atoms with Crippen molar-refractivity contribution >= 4 is 29.3 Å². The fraction of sp³-hybridized carbons (Fsp3) is 0.429. The lowest BCUT2D eigenvalue weighted by molar-refractivity contribution is -0.147. The van der Waals surface area contributed by atoms with E-state index in [0.717, 1.165) is 44.9 Å². The Balaban J connectivity index is 1.23. The number of esters is 1. The Morgan fingerprint density at radius 3 is 2.40 bits per heavy atom. The van der Waals surface area contributed by atoms with Crippen LogP contribution in [0.25, 0.3) is 0 Å². The number of aryl methyl sites for hydroxylation is 2. The van der Waals surface area contributed by atoms with Gasteiger partial charge in [0, 0.05) is 18.0 Å². The number of nitrogens with one attached hydrogen (secondary N) is 2. The van der Waals surface area contributed by atoms with Crippen molar-refractivity contribution in [3.8, 4) is 0 Å². The first-order valence-electron chi connectivity index (χ1n) is 12.5. The van der Waals surface area contributed by atoms with Crippen molar-refractivity contribution in [3.05, 3.63) is 64.7 Å². The normalized spacial score (nSPS) is 15.2. The molecule has 2 amide bonds. The Morgan fingerprint density at radius 1 is 0.857 bits per heavy atom. The quantitative estimate of drug-likeness (QED) is 0.413. The summed E-state index contributed by atoms with van der Waals surface area (Å²) in [5.41, 5.74) is 3.87. The molecule has 2 aliphatic rings. The van der Waals surface area contributed by atoms with Gasteiger partial charge in [0.05, 0.1) is 17.7 Å². The minimum Gasteiger partial charge on any atom is -0.456 e. The van der Waals surface area contributed by atoms with Gasteiger partial charge in [-0.1, -0.05) is 37.1 Å². The van der Waals surface area contributed by atoms with Gasteiger partial charge in [-0.25, -0.2) is 0 Å². The summed E-state index contributed by atoms with van der Waals surface area (Å²) < 4.78 is 5.06. The molecule has 7 nitrogen and oxygen atoms in total. The van der Waals surface area contributed by atoms with Crippen molar-refractivity contribution in [1.82, 2.24) is 5.32 Å². The van der Waals surface area contributed by atoms with E-state index in [1.165, 1.54) is 17.5 Å². The number of Topliss-reactive ketones (excluding diaryl/α,β-unsaturated/α-hetero) is 1. The van der Waals surface area contributed by atoms with Gasteiger partial charge < -0.3 is 15.4 Å². The Kier molecular flexibility index (Phi) is 8.29. The van der Waals surface area contributed by atoms with E-state index in [-0.39, 0.29) is 30.6 Å². The maximum atomic E-state index is 12.6. The molecule has 0 bridgehead atoms. The molecule has 0 aromatic heterocycles. The molecule has 1 fully saturated rings. The van der Waals surface area contributed by atoms with Gasteiger partial charge in [0.2, 0.25) is 0 Å². The molecule has 0 aliphatic heterocycles. The van der Waals surface area contributed by atoms with E-state index in [1.54, 1.807) is 24.3 Å².